The number of hydrogen-bond donors (Lipinski definition) is 1. The van der Waals surface area contributed by atoms with Crippen molar-refractivity contribution >= 4 is 11.3 Å². The predicted molar refractivity (Wildman–Crippen MR) is 83.8 cm³/mol. The molecule has 0 spiro atoms. The summed E-state index contributed by atoms with van der Waals surface area (Å²) in [5.74, 6) is 0. The fourth-order valence-electron chi connectivity index (χ4n) is 2.90. The van der Waals surface area contributed by atoms with E-state index in [-0.39, 0.29) is 0 Å². The lowest BCUT2D eigenvalue weighted by Gasteiger charge is -2.42. The maximum absolute atomic E-state index is 6.06. The Morgan fingerprint density at radius 1 is 1.37 bits per heavy atom. The maximum atomic E-state index is 6.06. The Morgan fingerprint density at radius 3 is 2.74 bits per heavy atom. The van der Waals surface area contributed by atoms with Crippen molar-refractivity contribution < 1.29 is 0 Å². The van der Waals surface area contributed by atoms with Crippen LogP contribution in [-0.4, -0.2) is 49.1 Å². The van der Waals surface area contributed by atoms with Crippen LogP contribution in [0.25, 0.3) is 0 Å². The molecule has 19 heavy (non-hydrogen) atoms. The number of nitrogens with two attached hydrogens (primary N) is 1. The lowest BCUT2D eigenvalue weighted by atomic mass is 10.1. The summed E-state index contributed by atoms with van der Waals surface area (Å²) in [5.41, 5.74) is 6.06. The molecule has 0 amide bonds. The van der Waals surface area contributed by atoms with E-state index in [9.17, 15) is 0 Å². The summed E-state index contributed by atoms with van der Waals surface area (Å²) in [5, 5.41) is 0. The molecule has 0 aliphatic carbocycles. The first-order valence-electron chi connectivity index (χ1n) is 7.42. The fraction of sp³-hybridized carbons (Fsp3) is 0.733. The number of likely N-dealkylation sites (N-methyl/N-ethyl adjacent to an activating group) is 1. The lowest BCUT2D eigenvalue weighted by molar-refractivity contribution is 0.0654. The van der Waals surface area contributed by atoms with Crippen molar-refractivity contribution in [2.24, 2.45) is 5.73 Å². The molecule has 0 bridgehead atoms. The molecule has 1 aromatic rings. The number of aryl methyl sites for hydroxylation is 1. The standard InChI is InChI=1S/C15H27N3S/c1-4-12-11-18(9-8-17(12)3)14(10-16)15-7-6-13(5-2)19-15/h6-7,12,14H,4-5,8-11,16H2,1-3H3. The second-order valence-electron chi connectivity index (χ2n) is 5.45. The van der Waals surface area contributed by atoms with Crippen LogP contribution in [0.1, 0.15) is 36.1 Å². The van der Waals surface area contributed by atoms with Crippen LogP contribution in [0.15, 0.2) is 12.1 Å². The minimum absolute atomic E-state index is 0.410. The van der Waals surface area contributed by atoms with Gasteiger partial charge in [-0.05, 0) is 32.0 Å². The van der Waals surface area contributed by atoms with Crippen LogP contribution in [0.2, 0.25) is 0 Å². The van der Waals surface area contributed by atoms with Gasteiger partial charge in [0.25, 0.3) is 0 Å². The van der Waals surface area contributed by atoms with Gasteiger partial charge in [0.05, 0.1) is 6.04 Å². The molecule has 1 saturated heterocycles. The normalized spacial score (nSPS) is 23.7. The molecule has 3 nitrogen and oxygen atoms in total. The van der Waals surface area contributed by atoms with Gasteiger partial charge in [-0.3, -0.25) is 4.90 Å². The number of thiophene rings is 1. The molecule has 2 heterocycles. The van der Waals surface area contributed by atoms with Gasteiger partial charge in [-0.1, -0.05) is 13.8 Å². The minimum atomic E-state index is 0.410. The van der Waals surface area contributed by atoms with Gasteiger partial charge in [-0.2, -0.15) is 0 Å². The van der Waals surface area contributed by atoms with Crippen molar-refractivity contribution in [3.05, 3.63) is 21.9 Å². The summed E-state index contributed by atoms with van der Waals surface area (Å²) >= 11 is 1.93. The topological polar surface area (TPSA) is 32.5 Å². The third kappa shape index (κ3) is 3.37. The van der Waals surface area contributed by atoms with Crippen molar-refractivity contribution in [1.82, 2.24) is 9.80 Å². The molecule has 108 valence electrons. The van der Waals surface area contributed by atoms with Crippen molar-refractivity contribution in [2.45, 2.75) is 38.8 Å². The highest BCUT2D eigenvalue weighted by Crippen LogP contribution is 2.29. The van der Waals surface area contributed by atoms with Gasteiger partial charge < -0.3 is 10.6 Å². The number of hydrogen-bond acceptors (Lipinski definition) is 4. The van der Waals surface area contributed by atoms with Crippen molar-refractivity contribution in [2.75, 3.05) is 33.2 Å². The molecule has 2 atom stereocenters. The van der Waals surface area contributed by atoms with E-state index >= 15 is 0 Å². The Kier molecular flexibility index (Phi) is 5.39. The third-order valence-electron chi connectivity index (χ3n) is 4.30. The molecule has 1 aliphatic heterocycles. The summed E-state index contributed by atoms with van der Waals surface area (Å²) in [7, 11) is 2.24. The molecule has 2 unspecified atom stereocenters. The Labute approximate surface area is 121 Å². The summed E-state index contributed by atoms with van der Waals surface area (Å²) < 4.78 is 0. The van der Waals surface area contributed by atoms with E-state index in [0.29, 0.717) is 12.1 Å². The molecule has 0 saturated carbocycles. The summed E-state index contributed by atoms with van der Waals surface area (Å²) in [6.45, 7) is 8.66. The Hall–Kier alpha value is -0.420. The number of rotatable bonds is 5. The first-order chi connectivity index (χ1) is 9.19. The Morgan fingerprint density at radius 2 is 2.16 bits per heavy atom. The van der Waals surface area contributed by atoms with E-state index in [4.69, 9.17) is 5.73 Å². The van der Waals surface area contributed by atoms with E-state index in [2.05, 4.69) is 42.8 Å². The second kappa shape index (κ2) is 6.84. The first kappa shape index (κ1) is 15.0. The third-order valence-corrected chi connectivity index (χ3v) is 5.63. The number of nitrogens with zero attached hydrogens (tertiary/aromatic N) is 2. The summed E-state index contributed by atoms with van der Waals surface area (Å²) in [6, 6.07) is 5.62. The fourth-order valence-corrected chi connectivity index (χ4v) is 4.00. The SMILES string of the molecule is CCc1ccc(C(CN)N2CCN(C)C(CC)C2)s1. The highest BCUT2D eigenvalue weighted by atomic mass is 32.1. The summed E-state index contributed by atoms with van der Waals surface area (Å²) in [6.07, 6.45) is 2.34. The van der Waals surface area contributed by atoms with Gasteiger partial charge in [0.15, 0.2) is 0 Å². The van der Waals surface area contributed by atoms with E-state index < -0.39 is 0 Å². The van der Waals surface area contributed by atoms with E-state index in [0.717, 1.165) is 32.6 Å². The minimum Gasteiger partial charge on any atom is -0.329 e. The van der Waals surface area contributed by atoms with Gasteiger partial charge >= 0.3 is 0 Å². The average Bonchev–Trinajstić information content (AvgIpc) is 2.90. The van der Waals surface area contributed by atoms with Crippen molar-refractivity contribution in [3.8, 4) is 0 Å². The molecule has 1 fully saturated rings. The molecule has 0 radical (unpaired) electrons. The van der Waals surface area contributed by atoms with Crippen molar-refractivity contribution in [3.63, 3.8) is 0 Å². The molecule has 1 aliphatic rings. The molecular formula is C15H27N3S. The Bertz CT molecular complexity index is 390. The first-order valence-corrected chi connectivity index (χ1v) is 8.24. The van der Waals surface area contributed by atoms with Gasteiger partial charge in [0, 0.05) is 42.0 Å². The molecule has 2 rings (SSSR count). The molecule has 4 heteroatoms. The molecule has 1 aromatic heterocycles. The predicted octanol–water partition coefficient (Wildman–Crippen LogP) is 2.34. The quantitative estimate of drug-likeness (QED) is 0.899. The number of piperazine rings is 1. The smallest absolute Gasteiger partial charge is 0.0565 e. The van der Waals surface area contributed by atoms with Crippen LogP contribution < -0.4 is 5.73 Å². The van der Waals surface area contributed by atoms with E-state index in [1.54, 1.807) is 0 Å². The van der Waals surface area contributed by atoms with Crippen LogP contribution in [0.5, 0.6) is 0 Å². The zero-order valence-electron chi connectivity index (χ0n) is 12.4. The van der Waals surface area contributed by atoms with Crippen LogP contribution in [0.3, 0.4) is 0 Å². The highest BCUT2D eigenvalue weighted by Gasteiger charge is 2.28. The van der Waals surface area contributed by atoms with Gasteiger partial charge in [0.2, 0.25) is 0 Å². The second-order valence-corrected chi connectivity index (χ2v) is 6.65. The van der Waals surface area contributed by atoms with Crippen LogP contribution in [0, 0.1) is 0 Å². The van der Waals surface area contributed by atoms with Gasteiger partial charge in [-0.15, -0.1) is 11.3 Å². The zero-order valence-corrected chi connectivity index (χ0v) is 13.2. The zero-order chi connectivity index (χ0) is 13.8. The molecule has 0 aromatic carbocycles. The van der Waals surface area contributed by atoms with E-state index in [1.165, 1.54) is 16.2 Å². The van der Waals surface area contributed by atoms with Gasteiger partial charge in [-0.25, -0.2) is 0 Å². The van der Waals surface area contributed by atoms with Crippen LogP contribution >= 0.6 is 11.3 Å². The summed E-state index contributed by atoms with van der Waals surface area (Å²) in [4.78, 5) is 7.98. The molecular weight excluding hydrogens is 254 g/mol. The Balaban J connectivity index is 2.09. The highest BCUT2D eigenvalue weighted by molar-refractivity contribution is 7.12. The van der Waals surface area contributed by atoms with Crippen LogP contribution in [0.4, 0.5) is 0 Å². The van der Waals surface area contributed by atoms with E-state index in [1.807, 2.05) is 11.3 Å². The average molecular weight is 281 g/mol. The maximum Gasteiger partial charge on any atom is 0.0565 e. The lowest BCUT2D eigenvalue weighted by Crippen LogP contribution is -2.52. The molecule has 2 N–H and O–H groups in total. The van der Waals surface area contributed by atoms with Gasteiger partial charge in [0.1, 0.15) is 0 Å². The largest absolute Gasteiger partial charge is 0.329 e. The van der Waals surface area contributed by atoms with Crippen molar-refractivity contribution in [1.29, 1.82) is 0 Å². The monoisotopic (exact) mass is 281 g/mol. The van der Waals surface area contributed by atoms with Crippen LogP contribution in [-0.2, 0) is 6.42 Å².